The zero-order chi connectivity index (χ0) is 12.7. The summed E-state index contributed by atoms with van der Waals surface area (Å²) in [6, 6.07) is 1.12. The highest BCUT2D eigenvalue weighted by molar-refractivity contribution is 4.79. The second-order valence-electron chi connectivity index (χ2n) is 5.51. The van der Waals surface area contributed by atoms with Crippen LogP contribution in [0.3, 0.4) is 0 Å². The van der Waals surface area contributed by atoms with Crippen molar-refractivity contribution in [3.05, 3.63) is 0 Å². The van der Waals surface area contributed by atoms with Crippen LogP contribution >= 0.6 is 0 Å². The zero-order valence-corrected chi connectivity index (χ0v) is 12.0. The Hall–Kier alpha value is -0.120. The van der Waals surface area contributed by atoms with Gasteiger partial charge in [0, 0.05) is 18.6 Å². The minimum Gasteiger partial charge on any atom is -0.327 e. The highest BCUT2D eigenvalue weighted by atomic mass is 15.2. The van der Waals surface area contributed by atoms with Gasteiger partial charge in [-0.2, -0.15) is 0 Å². The van der Waals surface area contributed by atoms with Crippen LogP contribution in [0.5, 0.6) is 0 Å². The molecule has 102 valence electrons. The van der Waals surface area contributed by atoms with Gasteiger partial charge in [-0.05, 0) is 45.9 Å². The van der Waals surface area contributed by atoms with E-state index >= 15 is 0 Å². The third-order valence-corrected chi connectivity index (χ3v) is 4.08. The number of hydrogen-bond acceptors (Lipinski definition) is 3. The molecular weight excluding hydrogens is 210 g/mol. The number of likely N-dealkylation sites (tertiary alicyclic amines) is 1. The number of piperidine rings is 1. The Balaban J connectivity index is 2.21. The maximum atomic E-state index is 6.17. The van der Waals surface area contributed by atoms with Gasteiger partial charge in [0.25, 0.3) is 0 Å². The molecule has 0 aromatic carbocycles. The average molecular weight is 241 g/mol. The fourth-order valence-corrected chi connectivity index (χ4v) is 2.75. The second-order valence-corrected chi connectivity index (χ2v) is 5.51. The van der Waals surface area contributed by atoms with Crippen LogP contribution in [-0.4, -0.2) is 55.1 Å². The lowest BCUT2D eigenvalue weighted by molar-refractivity contribution is 0.126. The van der Waals surface area contributed by atoms with Crippen molar-refractivity contribution >= 4 is 0 Å². The van der Waals surface area contributed by atoms with Crippen LogP contribution in [-0.2, 0) is 0 Å². The molecule has 0 unspecified atom stereocenters. The third-order valence-electron chi connectivity index (χ3n) is 4.08. The highest BCUT2D eigenvalue weighted by Gasteiger charge is 2.22. The van der Waals surface area contributed by atoms with E-state index in [2.05, 4.69) is 30.7 Å². The van der Waals surface area contributed by atoms with E-state index in [0.29, 0.717) is 6.04 Å². The molecule has 0 spiro atoms. The maximum absolute atomic E-state index is 6.17. The van der Waals surface area contributed by atoms with E-state index in [1.807, 2.05) is 0 Å². The molecule has 3 heteroatoms. The molecular formula is C14H31N3. The van der Waals surface area contributed by atoms with Crippen LogP contribution in [0.2, 0.25) is 0 Å². The van der Waals surface area contributed by atoms with Crippen molar-refractivity contribution in [2.75, 3.05) is 33.2 Å². The summed E-state index contributed by atoms with van der Waals surface area (Å²) in [5, 5.41) is 0. The van der Waals surface area contributed by atoms with Gasteiger partial charge in [-0.25, -0.2) is 0 Å². The standard InChI is InChI=1S/C14H31N3/c1-4-6-7-13(15)12-16(3)14-8-10-17(5-2)11-9-14/h13-14H,4-12,15H2,1-3H3/t13-/m0/s1. The summed E-state index contributed by atoms with van der Waals surface area (Å²) in [6.07, 6.45) is 6.32. The van der Waals surface area contributed by atoms with Gasteiger partial charge in [0.2, 0.25) is 0 Å². The van der Waals surface area contributed by atoms with E-state index in [1.165, 1.54) is 51.7 Å². The van der Waals surface area contributed by atoms with E-state index in [9.17, 15) is 0 Å². The Morgan fingerprint density at radius 2 is 1.94 bits per heavy atom. The molecule has 1 heterocycles. The van der Waals surface area contributed by atoms with Gasteiger partial charge < -0.3 is 15.5 Å². The number of unbranched alkanes of at least 4 members (excludes halogenated alkanes) is 1. The predicted molar refractivity (Wildman–Crippen MR) is 75.3 cm³/mol. The summed E-state index contributed by atoms with van der Waals surface area (Å²) in [5.41, 5.74) is 6.17. The molecule has 0 radical (unpaired) electrons. The first kappa shape index (κ1) is 14.9. The maximum Gasteiger partial charge on any atom is 0.0167 e. The van der Waals surface area contributed by atoms with Crippen molar-refractivity contribution in [3.63, 3.8) is 0 Å². The number of nitrogens with two attached hydrogens (primary N) is 1. The first-order valence-corrected chi connectivity index (χ1v) is 7.35. The second kappa shape index (κ2) is 8.06. The molecule has 1 fully saturated rings. The van der Waals surface area contributed by atoms with E-state index < -0.39 is 0 Å². The number of likely N-dealkylation sites (N-methyl/N-ethyl adjacent to an activating group) is 1. The molecule has 3 nitrogen and oxygen atoms in total. The fourth-order valence-electron chi connectivity index (χ4n) is 2.75. The summed E-state index contributed by atoms with van der Waals surface area (Å²) in [4.78, 5) is 5.04. The Morgan fingerprint density at radius 3 is 2.47 bits per heavy atom. The minimum atomic E-state index is 0.365. The largest absolute Gasteiger partial charge is 0.327 e. The normalized spacial score (nSPS) is 21.0. The quantitative estimate of drug-likeness (QED) is 0.739. The first-order chi connectivity index (χ1) is 8.17. The van der Waals surface area contributed by atoms with Gasteiger partial charge >= 0.3 is 0 Å². The molecule has 0 aliphatic carbocycles. The molecule has 0 bridgehead atoms. The van der Waals surface area contributed by atoms with Crippen molar-refractivity contribution in [1.29, 1.82) is 0 Å². The topological polar surface area (TPSA) is 32.5 Å². The van der Waals surface area contributed by atoms with Gasteiger partial charge in [-0.15, -0.1) is 0 Å². The van der Waals surface area contributed by atoms with Gasteiger partial charge in [0.1, 0.15) is 0 Å². The van der Waals surface area contributed by atoms with Crippen molar-refractivity contribution in [3.8, 4) is 0 Å². The minimum absolute atomic E-state index is 0.365. The van der Waals surface area contributed by atoms with Gasteiger partial charge in [-0.3, -0.25) is 0 Å². The Kier molecular flexibility index (Phi) is 7.09. The Bertz CT molecular complexity index is 188. The van der Waals surface area contributed by atoms with Gasteiger partial charge in [0.05, 0.1) is 0 Å². The van der Waals surface area contributed by atoms with Crippen LogP contribution in [0, 0.1) is 0 Å². The molecule has 1 aliphatic rings. The van der Waals surface area contributed by atoms with Gasteiger partial charge in [0.15, 0.2) is 0 Å². The lowest BCUT2D eigenvalue weighted by Gasteiger charge is -2.37. The number of nitrogens with zero attached hydrogens (tertiary/aromatic N) is 2. The van der Waals surface area contributed by atoms with E-state index in [0.717, 1.165) is 12.6 Å². The third kappa shape index (κ3) is 5.36. The summed E-state index contributed by atoms with van der Waals surface area (Å²) < 4.78 is 0. The molecule has 0 aromatic heterocycles. The molecule has 0 amide bonds. The average Bonchev–Trinajstić information content (AvgIpc) is 2.36. The molecule has 1 aliphatic heterocycles. The monoisotopic (exact) mass is 241 g/mol. The van der Waals surface area contributed by atoms with Crippen molar-refractivity contribution in [2.45, 2.75) is 58.0 Å². The van der Waals surface area contributed by atoms with E-state index in [-0.39, 0.29) is 0 Å². The first-order valence-electron chi connectivity index (χ1n) is 7.35. The highest BCUT2D eigenvalue weighted by Crippen LogP contribution is 2.15. The van der Waals surface area contributed by atoms with E-state index in [1.54, 1.807) is 0 Å². The van der Waals surface area contributed by atoms with Crippen molar-refractivity contribution < 1.29 is 0 Å². The molecule has 1 saturated heterocycles. The SMILES string of the molecule is CCCC[C@H](N)CN(C)C1CCN(CC)CC1. The summed E-state index contributed by atoms with van der Waals surface area (Å²) in [6.45, 7) is 9.27. The van der Waals surface area contributed by atoms with Crippen LogP contribution in [0.1, 0.15) is 46.0 Å². The molecule has 1 atom stereocenters. The smallest absolute Gasteiger partial charge is 0.0167 e. The lowest BCUT2D eigenvalue weighted by Crippen LogP contribution is -2.46. The van der Waals surface area contributed by atoms with Crippen LogP contribution < -0.4 is 5.73 Å². The molecule has 2 N–H and O–H groups in total. The summed E-state index contributed by atoms with van der Waals surface area (Å²) in [7, 11) is 2.25. The van der Waals surface area contributed by atoms with Gasteiger partial charge in [-0.1, -0.05) is 26.7 Å². The van der Waals surface area contributed by atoms with Crippen LogP contribution in [0.4, 0.5) is 0 Å². The number of hydrogen-bond donors (Lipinski definition) is 1. The van der Waals surface area contributed by atoms with Crippen LogP contribution in [0.25, 0.3) is 0 Å². The lowest BCUT2D eigenvalue weighted by atomic mass is 10.0. The predicted octanol–water partition coefficient (Wildman–Crippen LogP) is 1.92. The molecule has 0 saturated carbocycles. The Morgan fingerprint density at radius 1 is 1.29 bits per heavy atom. The summed E-state index contributed by atoms with van der Waals surface area (Å²) >= 11 is 0. The zero-order valence-electron chi connectivity index (χ0n) is 12.0. The molecule has 1 rings (SSSR count). The fraction of sp³-hybridized carbons (Fsp3) is 1.00. The molecule has 17 heavy (non-hydrogen) atoms. The van der Waals surface area contributed by atoms with Crippen molar-refractivity contribution in [1.82, 2.24) is 9.80 Å². The Labute approximate surface area is 107 Å². The van der Waals surface area contributed by atoms with Crippen LogP contribution in [0.15, 0.2) is 0 Å². The molecule has 0 aromatic rings. The summed E-state index contributed by atoms with van der Waals surface area (Å²) in [5.74, 6) is 0. The van der Waals surface area contributed by atoms with E-state index in [4.69, 9.17) is 5.73 Å². The number of rotatable bonds is 7. The van der Waals surface area contributed by atoms with Crippen molar-refractivity contribution in [2.24, 2.45) is 5.73 Å².